The van der Waals surface area contributed by atoms with Crippen LogP contribution in [-0.4, -0.2) is 15.3 Å². The molecule has 0 atom stereocenters. The van der Waals surface area contributed by atoms with Gasteiger partial charge in [-0.2, -0.15) is 0 Å². The van der Waals surface area contributed by atoms with Gasteiger partial charge in [0.1, 0.15) is 10.8 Å². The Kier molecular flexibility index (Phi) is 3.84. The average Bonchev–Trinajstić information content (AvgIpc) is 3.34. The molecule has 5 nitrogen and oxygen atoms in total. The van der Waals surface area contributed by atoms with Gasteiger partial charge in [0.05, 0.1) is 19.1 Å². The number of pyridine rings is 1. The summed E-state index contributed by atoms with van der Waals surface area (Å²) in [7, 11) is 0. The van der Waals surface area contributed by atoms with E-state index in [9.17, 15) is 4.79 Å². The molecule has 4 heterocycles. The standard InChI is InChI=1S/C17H12ClN3O2S/c18-15-14(17(22)19-9-12-3-2-8-24-12)20-16-13(4-1-6-21(15)16)11-5-7-23-10-11/h1-8,10H,9H2,(H,19,22). The molecule has 0 unspecified atom stereocenters. The van der Waals surface area contributed by atoms with Crippen LogP contribution < -0.4 is 5.32 Å². The monoisotopic (exact) mass is 357 g/mol. The summed E-state index contributed by atoms with van der Waals surface area (Å²) in [6, 6.07) is 9.52. The fourth-order valence-electron chi connectivity index (χ4n) is 2.49. The zero-order chi connectivity index (χ0) is 16.5. The highest BCUT2D eigenvalue weighted by Gasteiger charge is 2.19. The minimum Gasteiger partial charge on any atom is -0.472 e. The Morgan fingerprint density at radius 1 is 1.33 bits per heavy atom. The van der Waals surface area contributed by atoms with Gasteiger partial charge in [0, 0.05) is 22.2 Å². The van der Waals surface area contributed by atoms with Gasteiger partial charge in [-0.3, -0.25) is 9.20 Å². The first-order valence-corrected chi connectivity index (χ1v) is 8.49. The van der Waals surface area contributed by atoms with Crippen LogP contribution in [0.25, 0.3) is 16.8 Å². The first-order valence-electron chi connectivity index (χ1n) is 7.24. The Morgan fingerprint density at radius 3 is 3.00 bits per heavy atom. The number of furan rings is 1. The van der Waals surface area contributed by atoms with Crippen LogP contribution in [0.4, 0.5) is 0 Å². The predicted octanol–water partition coefficient (Wildman–Crippen LogP) is 4.24. The second kappa shape index (κ2) is 6.14. The van der Waals surface area contributed by atoms with Crippen molar-refractivity contribution >= 4 is 34.5 Å². The van der Waals surface area contributed by atoms with Crippen LogP contribution in [0.1, 0.15) is 15.4 Å². The second-order valence-corrected chi connectivity index (χ2v) is 6.53. The summed E-state index contributed by atoms with van der Waals surface area (Å²) in [4.78, 5) is 18.0. The van der Waals surface area contributed by atoms with Crippen molar-refractivity contribution in [2.24, 2.45) is 0 Å². The minimum atomic E-state index is -0.296. The highest BCUT2D eigenvalue weighted by atomic mass is 35.5. The third kappa shape index (κ3) is 2.60. The van der Waals surface area contributed by atoms with Crippen molar-refractivity contribution in [2.45, 2.75) is 6.54 Å². The summed E-state index contributed by atoms with van der Waals surface area (Å²) >= 11 is 7.95. The number of nitrogens with one attached hydrogen (secondary N) is 1. The first-order chi connectivity index (χ1) is 11.7. The van der Waals surface area contributed by atoms with Gasteiger partial charge in [0.15, 0.2) is 5.69 Å². The van der Waals surface area contributed by atoms with E-state index in [0.717, 1.165) is 16.0 Å². The lowest BCUT2D eigenvalue weighted by Gasteiger charge is -2.01. The Morgan fingerprint density at radius 2 is 2.25 bits per heavy atom. The lowest BCUT2D eigenvalue weighted by atomic mass is 10.1. The van der Waals surface area contributed by atoms with E-state index in [1.165, 1.54) is 0 Å². The normalized spacial score (nSPS) is 11.0. The molecule has 120 valence electrons. The van der Waals surface area contributed by atoms with Crippen LogP contribution in [0.15, 0.2) is 58.9 Å². The molecule has 7 heteroatoms. The molecule has 4 aromatic rings. The van der Waals surface area contributed by atoms with Gasteiger partial charge in [-0.1, -0.05) is 17.7 Å². The third-order valence-corrected chi connectivity index (χ3v) is 4.88. The van der Waals surface area contributed by atoms with Crippen LogP contribution in [0, 0.1) is 0 Å². The number of carbonyl (C=O) groups excluding carboxylic acids is 1. The summed E-state index contributed by atoms with van der Waals surface area (Å²) in [5, 5.41) is 5.11. The molecular weight excluding hydrogens is 346 g/mol. The van der Waals surface area contributed by atoms with E-state index < -0.39 is 0 Å². The van der Waals surface area contributed by atoms with Gasteiger partial charge < -0.3 is 9.73 Å². The summed E-state index contributed by atoms with van der Waals surface area (Å²) in [6.45, 7) is 0.454. The van der Waals surface area contributed by atoms with Crippen LogP contribution in [0.5, 0.6) is 0 Å². The van der Waals surface area contributed by atoms with Gasteiger partial charge in [0.25, 0.3) is 5.91 Å². The maximum absolute atomic E-state index is 12.4. The summed E-state index contributed by atoms with van der Waals surface area (Å²) in [6.07, 6.45) is 5.01. The number of carbonyl (C=O) groups is 1. The van der Waals surface area contributed by atoms with Crippen molar-refractivity contribution in [2.75, 3.05) is 0 Å². The molecule has 0 saturated carbocycles. The zero-order valence-electron chi connectivity index (χ0n) is 12.4. The molecule has 1 N–H and O–H groups in total. The lowest BCUT2D eigenvalue weighted by molar-refractivity contribution is 0.0947. The Hall–Kier alpha value is -2.57. The number of aromatic nitrogens is 2. The van der Waals surface area contributed by atoms with E-state index in [0.29, 0.717) is 17.3 Å². The Bertz CT molecular complexity index is 991. The van der Waals surface area contributed by atoms with Crippen molar-refractivity contribution in [3.05, 3.63) is 70.2 Å². The van der Waals surface area contributed by atoms with Crippen molar-refractivity contribution in [1.82, 2.24) is 14.7 Å². The van der Waals surface area contributed by atoms with E-state index in [-0.39, 0.29) is 11.6 Å². The Balaban J connectivity index is 1.70. The van der Waals surface area contributed by atoms with E-state index in [4.69, 9.17) is 16.0 Å². The molecular formula is C17H12ClN3O2S. The molecule has 0 spiro atoms. The number of hydrogen-bond donors (Lipinski definition) is 1. The molecule has 0 bridgehead atoms. The van der Waals surface area contributed by atoms with Crippen LogP contribution >= 0.6 is 22.9 Å². The molecule has 24 heavy (non-hydrogen) atoms. The number of rotatable bonds is 4. The van der Waals surface area contributed by atoms with Gasteiger partial charge >= 0.3 is 0 Å². The van der Waals surface area contributed by atoms with Crippen molar-refractivity contribution in [1.29, 1.82) is 0 Å². The van der Waals surface area contributed by atoms with Crippen molar-refractivity contribution < 1.29 is 9.21 Å². The topological polar surface area (TPSA) is 59.5 Å². The Labute approximate surface area is 146 Å². The summed E-state index contributed by atoms with van der Waals surface area (Å²) in [5.74, 6) is -0.296. The quantitative estimate of drug-likeness (QED) is 0.594. The smallest absolute Gasteiger partial charge is 0.273 e. The highest BCUT2D eigenvalue weighted by Crippen LogP contribution is 2.28. The van der Waals surface area contributed by atoms with Gasteiger partial charge in [-0.15, -0.1) is 11.3 Å². The number of nitrogens with zero attached hydrogens (tertiary/aromatic N) is 2. The van der Waals surface area contributed by atoms with E-state index in [1.807, 2.05) is 35.7 Å². The number of fused-ring (bicyclic) bond motifs is 1. The SMILES string of the molecule is O=C(NCc1cccs1)c1nc2c(-c3ccoc3)cccn2c1Cl. The van der Waals surface area contributed by atoms with Crippen LogP contribution in [0.3, 0.4) is 0 Å². The van der Waals surface area contributed by atoms with Gasteiger partial charge in [-0.25, -0.2) is 4.98 Å². The predicted molar refractivity (Wildman–Crippen MR) is 93.4 cm³/mol. The molecule has 0 aliphatic rings. The molecule has 4 rings (SSSR count). The summed E-state index contributed by atoms with van der Waals surface area (Å²) < 4.78 is 6.83. The van der Waals surface area contributed by atoms with E-state index in [1.54, 1.807) is 34.5 Å². The van der Waals surface area contributed by atoms with Crippen LogP contribution in [-0.2, 0) is 6.54 Å². The highest BCUT2D eigenvalue weighted by molar-refractivity contribution is 7.09. The fourth-order valence-corrected chi connectivity index (χ4v) is 3.40. The van der Waals surface area contributed by atoms with Crippen molar-refractivity contribution in [3.63, 3.8) is 0 Å². The van der Waals surface area contributed by atoms with Crippen molar-refractivity contribution in [3.8, 4) is 11.1 Å². The number of thiophene rings is 1. The average molecular weight is 358 g/mol. The minimum absolute atomic E-state index is 0.212. The third-order valence-electron chi connectivity index (χ3n) is 3.64. The second-order valence-electron chi connectivity index (χ2n) is 5.14. The molecule has 0 fully saturated rings. The van der Waals surface area contributed by atoms with E-state index in [2.05, 4.69) is 10.3 Å². The number of hydrogen-bond acceptors (Lipinski definition) is 4. The van der Waals surface area contributed by atoms with Crippen LogP contribution in [0.2, 0.25) is 5.15 Å². The molecule has 0 aliphatic carbocycles. The maximum atomic E-state index is 12.4. The fraction of sp³-hybridized carbons (Fsp3) is 0.0588. The zero-order valence-corrected chi connectivity index (χ0v) is 14.0. The maximum Gasteiger partial charge on any atom is 0.273 e. The number of halogens is 1. The lowest BCUT2D eigenvalue weighted by Crippen LogP contribution is -2.23. The van der Waals surface area contributed by atoms with E-state index >= 15 is 0 Å². The largest absolute Gasteiger partial charge is 0.472 e. The number of imidazole rings is 1. The molecule has 0 radical (unpaired) electrons. The van der Waals surface area contributed by atoms with Gasteiger partial charge in [0.2, 0.25) is 0 Å². The number of amides is 1. The molecule has 4 aromatic heterocycles. The van der Waals surface area contributed by atoms with Gasteiger partial charge in [-0.05, 0) is 29.6 Å². The molecule has 1 amide bonds. The molecule has 0 aliphatic heterocycles. The molecule has 0 saturated heterocycles. The first kappa shape index (κ1) is 15.0. The summed E-state index contributed by atoms with van der Waals surface area (Å²) in [5.41, 5.74) is 2.56. The molecule has 0 aromatic carbocycles.